The minimum atomic E-state index is -4.91. The van der Waals surface area contributed by atoms with Crippen LogP contribution in [0.5, 0.6) is 0 Å². The molecule has 76 valence electrons. The minimum absolute atomic E-state index is 0. The van der Waals surface area contributed by atoms with E-state index in [1.165, 1.54) is 6.92 Å². The van der Waals surface area contributed by atoms with Crippen LogP contribution in [0.25, 0.3) is 5.57 Å². The van der Waals surface area contributed by atoms with E-state index >= 15 is 0 Å². The summed E-state index contributed by atoms with van der Waals surface area (Å²) in [5.41, 5.74) is 0.566. The van der Waals surface area contributed by atoms with Crippen LogP contribution >= 0.6 is 11.6 Å². The predicted molar refractivity (Wildman–Crippen MR) is 54.2 cm³/mol. The molecule has 0 nitrogen and oxygen atoms in total. The molecule has 1 rings (SSSR count). The molecule has 1 aromatic rings. The van der Waals surface area contributed by atoms with E-state index in [1.807, 2.05) is 0 Å². The summed E-state index contributed by atoms with van der Waals surface area (Å²) in [6.07, 6.45) is 0. The van der Waals surface area contributed by atoms with Crippen molar-refractivity contribution in [3.8, 4) is 0 Å². The molecule has 0 aliphatic rings. The van der Waals surface area contributed by atoms with Crippen LogP contribution in [0.2, 0.25) is 5.02 Å². The number of benzene rings is 1. The van der Waals surface area contributed by atoms with Gasteiger partial charge in [-0.25, -0.2) is 0 Å². The van der Waals surface area contributed by atoms with Crippen LogP contribution in [0.1, 0.15) is 12.5 Å². The van der Waals surface area contributed by atoms with Crippen molar-refractivity contribution in [2.24, 2.45) is 0 Å². The van der Waals surface area contributed by atoms with Crippen LogP contribution in [-0.2, 0) is 0 Å². The first-order valence-corrected chi connectivity index (χ1v) is 4.42. The van der Waals surface area contributed by atoms with Crippen molar-refractivity contribution in [2.45, 2.75) is 6.92 Å². The number of halogens is 4. The topological polar surface area (TPSA) is 0 Å². The fourth-order valence-corrected chi connectivity index (χ4v) is 1.44. The quantitative estimate of drug-likeness (QED) is 0.698. The molecule has 0 saturated heterocycles. The van der Waals surface area contributed by atoms with Crippen molar-refractivity contribution >= 4 is 24.2 Å². The Morgan fingerprint density at radius 2 is 1.80 bits per heavy atom. The molecule has 0 atom stereocenters. The fraction of sp³-hybridized carbons (Fsp3) is 0.111. The van der Waals surface area contributed by atoms with Gasteiger partial charge in [-0.2, -0.15) is 0 Å². The first-order chi connectivity index (χ1) is 6.40. The second-order valence-electron chi connectivity index (χ2n) is 2.95. The minimum Gasteiger partial charge on any atom is -0.445 e. The molecule has 0 aromatic heterocycles. The molecular formula is C9H8BClF3K. The largest absolute Gasteiger partial charge is 1.00 e. The predicted octanol–water partition coefficient (Wildman–Crippen LogP) is 1.13. The Morgan fingerprint density at radius 1 is 1.27 bits per heavy atom. The van der Waals surface area contributed by atoms with E-state index in [1.54, 1.807) is 24.3 Å². The zero-order valence-electron chi connectivity index (χ0n) is 8.48. The summed E-state index contributed by atoms with van der Waals surface area (Å²) in [5, 5.41) is 0.335. The summed E-state index contributed by atoms with van der Waals surface area (Å²) in [6, 6.07) is 6.47. The monoisotopic (exact) mass is 258 g/mol. The third-order valence-electron chi connectivity index (χ3n) is 1.74. The third-order valence-corrected chi connectivity index (χ3v) is 2.07. The van der Waals surface area contributed by atoms with Gasteiger partial charge >= 0.3 is 58.4 Å². The molecule has 0 fully saturated rings. The van der Waals surface area contributed by atoms with Gasteiger partial charge in [-0.3, -0.25) is 0 Å². The van der Waals surface area contributed by atoms with Crippen molar-refractivity contribution in [1.82, 2.24) is 0 Å². The number of hydrogen-bond acceptors (Lipinski definition) is 0. The van der Waals surface area contributed by atoms with Crippen LogP contribution in [0.3, 0.4) is 0 Å². The summed E-state index contributed by atoms with van der Waals surface area (Å²) < 4.78 is 36.2. The SMILES string of the molecule is C/C(=C/[B-](F)(F)F)c1ccccc1Cl.[K+]. The van der Waals surface area contributed by atoms with Crippen molar-refractivity contribution in [3.63, 3.8) is 0 Å². The molecule has 1 aromatic carbocycles. The van der Waals surface area contributed by atoms with Gasteiger partial charge in [0.05, 0.1) is 0 Å². The Bertz CT molecular complexity index is 363. The molecule has 15 heavy (non-hydrogen) atoms. The van der Waals surface area contributed by atoms with Gasteiger partial charge in [0.2, 0.25) is 0 Å². The van der Waals surface area contributed by atoms with Crippen molar-refractivity contribution in [2.75, 3.05) is 0 Å². The van der Waals surface area contributed by atoms with Gasteiger partial charge < -0.3 is 12.9 Å². The molecule has 0 bridgehead atoms. The standard InChI is InChI=1S/C9H8BClF3.K/c1-7(6-10(12,13)14)8-4-2-3-5-9(8)11;/h2-6H,1H3;/q-1;+1/b7-6-;. The summed E-state index contributed by atoms with van der Waals surface area (Å²) in [7, 11) is 0. The summed E-state index contributed by atoms with van der Waals surface area (Å²) >= 11 is 5.75. The van der Waals surface area contributed by atoms with Gasteiger partial charge in [0.25, 0.3) is 0 Å². The van der Waals surface area contributed by atoms with Gasteiger partial charge in [0.15, 0.2) is 0 Å². The molecule has 0 unspecified atom stereocenters. The molecule has 0 N–H and O–H groups in total. The Hall–Kier alpha value is 0.741. The van der Waals surface area contributed by atoms with Gasteiger partial charge in [-0.1, -0.05) is 35.4 Å². The first-order valence-electron chi connectivity index (χ1n) is 4.04. The first kappa shape index (κ1) is 15.7. The van der Waals surface area contributed by atoms with Gasteiger partial charge in [-0.15, -0.1) is 5.98 Å². The molecule has 0 aliphatic carbocycles. The van der Waals surface area contributed by atoms with Crippen LogP contribution in [0.15, 0.2) is 30.2 Å². The smallest absolute Gasteiger partial charge is 0.445 e. The van der Waals surface area contributed by atoms with E-state index in [0.717, 1.165) is 0 Å². The van der Waals surface area contributed by atoms with Crippen LogP contribution < -0.4 is 51.4 Å². The molecule has 6 heteroatoms. The maximum absolute atomic E-state index is 12.1. The average molecular weight is 259 g/mol. The zero-order chi connectivity index (χ0) is 10.8. The maximum atomic E-state index is 12.1. The van der Waals surface area contributed by atoms with Gasteiger partial charge in [0.1, 0.15) is 0 Å². The molecule has 0 aliphatic heterocycles. The van der Waals surface area contributed by atoms with Crippen LogP contribution in [-0.4, -0.2) is 6.98 Å². The number of rotatable bonds is 2. The van der Waals surface area contributed by atoms with E-state index < -0.39 is 6.98 Å². The molecule has 0 amide bonds. The Kier molecular flexibility index (Phi) is 6.79. The maximum Gasteiger partial charge on any atom is 1.00 e. The molecular weight excluding hydrogens is 250 g/mol. The van der Waals surface area contributed by atoms with Gasteiger partial charge in [-0.05, 0) is 18.6 Å². The fourth-order valence-electron chi connectivity index (χ4n) is 1.15. The summed E-state index contributed by atoms with van der Waals surface area (Å²) in [6.45, 7) is -3.51. The molecule has 0 heterocycles. The average Bonchev–Trinajstić information content (AvgIpc) is 2.01. The van der Waals surface area contributed by atoms with E-state index in [4.69, 9.17) is 11.6 Å². The summed E-state index contributed by atoms with van der Waals surface area (Å²) in [5.74, 6) is 0.307. The molecule has 0 saturated carbocycles. The number of allylic oxidation sites excluding steroid dienone is 1. The normalized spacial score (nSPS) is 12.2. The van der Waals surface area contributed by atoms with E-state index in [2.05, 4.69) is 0 Å². The van der Waals surface area contributed by atoms with Crippen molar-refractivity contribution < 1.29 is 64.3 Å². The van der Waals surface area contributed by atoms with Crippen molar-refractivity contribution in [1.29, 1.82) is 0 Å². The zero-order valence-corrected chi connectivity index (χ0v) is 12.4. The summed E-state index contributed by atoms with van der Waals surface area (Å²) in [4.78, 5) is 0. The van der Waals surface area contributed by atoms with Crippen molar-refractivity contribution in [3.05, 3.63) is 40.8 Å². The third kappa shape index (κ3) is 5.56. The van der Waals surface area contributed by atoms with Crippen LogP contribution in [0.4, 0.5) is 12.9 Å². The molecule has 0 radical (unpaired) electrons. The Labute approximate surface area is 134 Å². The second-order valence-corrected chi connectivity index (χ2v) is 3.36. The van der Waals surface area contributed by atoms with E-state index in [0.29, 0.717) is 16.6 Å². The molecule has 0 spiro atoms. The van der Waals surface area contributed by atoms with Crippen LogP contribution in [0, 0.1) is 0 Å². The number of hydrogen-bond donors (Lipinski definition) is 0. The second kappa shape index (κ2) is 6.47. The van der Waals surface area contributed by atoms with Gasteiger partial charge in [0, 0.05) is 5.02 Å². The van der Waals surface area contributed by atoms with E-state index in [-0.39, 0.29) is 57.0 Å². The van der Waals surface area contributed by atoms with E-state index in [9.17, 15) is 12.9 Å². The Balaban J connectivity index is 0.00000196. The Morgan fingerprint density at radius 3 is 2.27 bits per heavy atom.